The van der Waals surface area contributed by atoms with Crippen molar-refractivity contribution in [3.63, 3.8) is 0 Å². The summed E-state index contributed by atoms with van der Waals surface area (Å²) in [6, 6.07) is 0. The average Bonchev–Trinajstić information content (AvgIpc) is 2.12. The molecule has 0 heterocycles. The Morgan fingerprint density at radius 1 is 1.40 bits per heavy atom. The second-order valence-electron chi connectivity index (χ2n) is 3.35. The van der Waals surface area contributed by atoms with Gasteiger partial charge in [-0.25, -0.2) is 0 Å². The first-order valence-corrected chi connectivity index (χ1v) is 4.67. The molecule has 58 valence electrons. The molecule has 10 heavy (non-hydrogen) atoms. The molecule has 1 aliphatic carbocycles. The van der Waals surface area contributed by atoms with Gasteiger partial charge in [0.2, 0.25) is 0 Å². The van der Waals surface area contributed by atoms with E-state index in [-0.39, 0.29) is 0 Å². The van der Waals surface area contributed by atoms with Gasteiger partial charge in [0, 0.05) is 0 Å². The van der Waals surface area contributed by atoms with Crippen molar-refractivity contribution in [2.24, 2.45) is 0 Å². The topological polar surface area (TPSA) is 0 Å². The zero-order valence-electron chi connectivity index (χ0n) is 6.79. The van der Waals surface area contributed by atoms with Gasteiger partial charge >= 0.3 is 69.2 Å². The SMILES string of the molecule is C[C](C)(C)[Fe][C]1=CC=CC1. The summed E-state index contributed by atoms with van der Waals surface area (Å²) < 4.78 is 2.03. The van der Waals surface area contributed by atoms with Crippen molar-refractivity contribution in [1.82, 2.24) is 0 Å². The molecule has 0 bridgehead atoms. The molecule has 0 spiro atoms. The molecule has 1 aliphatic rings. The Morgan fingerprint density at radius 3 is 2.50 bits per heavy atom. The minimum absolute atomic E-state index is 0.456. The monoisotopic (exact) mass is 178 g/mol. The van der Waals surface area contributed by atoms with Crippen molar-refractivity contribution in [2.45, 2.75) is 31.5 Å². The summed E-state index contributed by atoms with van der Waals surface area (Å²) in [6.07, 6.45) is 7.80. The predicted molar refractivity (Wildman–Crippen MR) is 41.6 cm³/mol. The van der Waals surface area contributed by atoms with E-state index in [4.69, 9.17) is 0 Å². The predicted octanol–water partition coefficient (Wildman–Crippen LogP) is 3.13. The van der Waals surface area contributed by atoms with Crippen LogP contribution >= 0.6 is 0 Å². The fraction of sp³-hybridized carbons (Fsp3) is 0.556. The zero-order chi connectivity index (χ0) is 7.61. The number of hydrogen-bond acceptors (Lipinski definition) is 0. The molecule has 1 rings (SSSR count). The first-order chi connectivity index (χ1) is 4.58. The molecule has 0 amide bonds. The molecule has 0 saturated heterocycles. The van der Waals surface area contributed by atoms with Crippen molar-refractivity contribution in [3.05, 3.63) is 22.7 Å². The third kappa shape index (κ3) is 2.72. The molecule has 0 N–H and O–H groups in total. The van der Waals surface area contributed by atoms with Gasteiger partial charge in [-0.2, -0.15) is 0 Å². The Morgan fingerprint density at radius 2 is 2.10 bits per heavy atom. The van der Waals surface area contributed by atoms with E-state index in [0.29, 0.717) is 4.31 Å². The quantitative estimate of drug-likeness (QED) is 0.541. The van der Waals surface area contributed by atoms with Gasteiger partial charge in [-0.3, -0.25) is 0 Å². The van der Waals surface area contributed by atoms with E-state index in [0.717, 1.165) is 0 Å². The van der Waals surface area contributed by atoms with Crippen LogP contribution in [0, 0.1) is 0 Å². The normalized spacial score (nSPS) is 18.1. The van der Waals surface area contributed by atoms with Crippen molar-refractivity contribution < 1.29 is 15.0 Å². The first kappa shape index (κ1) is 8.10. The van der Waals surface area contributed by atoms with Crippen LogP contribution in [0.1, 0.15) is 27.2 Å². The van der Waals surface area contributed by atoms with Crippen LogP contribution in [0.2, 0.25) is 4.31 Å². The molecule has 0 aliphatic heterocycles. The van der Waals surface area contributed by atoms with Gasteiger partial charge in [-0.05, 0) is 0 Å². The summed E-state index contributed by atoms with van der Waals surface area (Å²) in [7, 11) is 0. The van der Waals surface area contributed by atoms with Crippen LogP contribution in [0.3, 0.4) is 0 Å². The van der Waals surface area contributed by atoms with Gasteiger partial charge in [0.25, 0.3) is 0 Å². The standard InChI is InChI=1S/C5H5.C4H9.Fe/c1-2-4-5-3-1;1-4(2)3;/h1-3H,4H2;1-3H3;. The Kier molecular flexibility index (Phi) is 2.38. The fourth-order valence-corrected chi connectivity index (χ4v) is 2.33. The van der Waals surface area contributed by atoms with E-state index in [2.05, 4.69) is 39.0 Å². The van der Waals surface area contributed by atoms with Crippen LogP contribution in [0.25, 0.3) is 0 Å². The van der Waals surface area contributed by atoms with Gasteiger partial charge in [-0.1, -0.05) is 0 Å². The minimum atomic E-state index is 0.456. The van der Waals surface area contributed by atoms with Crippen molar-refractivity contribution in [3.8, 4) is 0 Å². The van der Waals surface area contributed by atoms with Crippen LogP contribution in [-0.2, 0) is 15.0 Å². The van der Waals surface area contributed by atoms with Crippen LogP contribution in [0.4, 0.5) is 0 Å². The summed E-state index contributed by atoms with van der Waals surface area (Å²) in [4.78, 5) is 0. The van der Waals surface area contributed by atoms with Crippen LogP contribution in [0.15, 0.2) is 22.7 Å². The van der Waals surface area contributed by atoms with E-state index >= 15 is 0 Å². The van der Waals surface area contributed by atoms with Crippen molar-refractivity contribution in [1.29, 1.82) is 0 Å². The molecule has 0 aromatic rings. The summed E-state index contributed by atoms with van der Waals surface area (Å²) in [6.45, 7) is 6.85. The molecule has 0 radical (unpaired) electrons. The Bertz CT molecular complexity index is 170. The molecule has 0 aromatic carbocycles. The summed E-state index contributed by atoms with van der Waals surface area (Å²) in [5.74, 6) is 0. The van der Waals surface area contributed by atoms with Gasteiger partial charge in [0.1, 0.15) is 0 Å². The third-order valence-electron chi connectivity index (χ3n) is 1.10. The maximum atomic E-state index is 2.28. The van der Waals surface area contributed by atoms with Crippen LogP contribution < -0.4 is 0 Å². The van der Waals surface area contributed by atoms with Gasteiger partial charge in [0.05, 0.1) is 0 Å². The Hall–Kier alpha value is -0.000519. The van der Waals surface area contributed by atoms with Gasteiger partial charge < -0.3 is 0 Å². The van der Waals surface area contributed by atoms with Gasteiger partial charge in [0.15, 0.2) is 0 Å². The van der Waals surface area contributed by atoms with E-state index < -0.39 is 0 Å². The van der Waals surface area contributed by atoms with Crippen molar-refractivity contribution >= 4 is 0 Å². The summed E-state index contributed by atoms with van der Waals surface area (Å²) >= 11 is 1.24. The first-order valence-electron chi connectivity index (χ1n) is 3.57. The van der Waals surface area contributed by atoms with Gasteiger partial charge in [-0.15, -0.1) is 0 Å². The molecule has 1 heteroatoms. The van der Waals surface area contributed by atoms with Crippen molar-refractivity contribution in [2.75, 3.05) is 0 Å². The molecule has 0 unspecified atom stereocenters. The van der Waals surface area contributed by atoms with E-state index in [1.54, 1.807) is 4.47 Å². The molecular weight excluding hydrogens is 164 g/mol. The fourth-order valence-electron chi connectivity index (χ4n) is 0.822. The molecule has 0 nitrogen and oxygen atoms in total. The molecule has 0 atom stereocenters. The number of allylic oxidation sites excluding steroid dienone is 4. The average molecular weight is 178 g/mol. The summed E-state index contributed by atoms with van der Waals surface area (Å²) in [5, 5.41) is 0. The molecular formula is C9H14Fe. The maximum absolute atomic E-state index is 2.28. The molecule has 0 saturated carbocycles. The van der Waals surface area contributed by atoms with E-state index in [1.165, 1.54) is 21.4 Å². The summed E-state index contributed by atoms with van der Waals surface area (Å²) in [5.41, 5.74) is 0. The van der Waals surface area contributed by atoms with E-state index in [1.807, 2.05) is 0 Å². The third-order valence-corrected chi connectivity index (χ3v) is 2.69. The zero-order valence-corrected chi connectivity index (χ0v) is 7.90. The molecule has 0 fully saturated rings. The Balaban J connectivity index is 2.41. The second kappa shape index (κ2) is 2.94. The Labute approximate surface area is 69.6 Å². The van der Waals surface area contributed by atoms with Crippen LogP contribution in [-0.4, -0.2) is 0 Å². The van der Waals surface area contributed by atoms with E-state index in [9.17, 15) is 0 Å². The van der Waals surface area contributed by atoms with Crippen LogP contribution in [0.5, 0.6) is 0 Å². The number of hydrogen-bond donors (Lipinski definition) is 0. The number of rotatable bonds is 1. The second-order valence-corrected chi connectivity index (χ2v) is 5.99. The molecule has 0 aromatic heterocycles.